The van der Waals surface area contributed by atoms with E-state index in [1.165, 1.54) is 11.3 Å². The second-order valence-electron chi connectivity index (χ2n) is 6.35. The minimum absolute atomic E-state index is 0.125. The van der Waals surface area contributed by atoms with Gasteiger partial charge < -0.3 is 9.80 Å². The molecule has 1 fully saturated rings. The van der Waals surface area contributed by atoms with E-state index in [4.69, 9.17) is 0 Å². The van der Waals surface area contributed by atoms with Gasteiger partial charge in [-0.25, -0.2) is 15.0 Å². The van der Waals surface area contributed by atoms with Crippen LogP contribution in [0, 0.1) is 13.8 Å². The number of aryl methyl sites for hydroxylation is 2. The third-order valence-electron chi connectivity index (χ3n) is 4.54. The van der Waals surface area contributed by atoms with Gasteiger partial charge in [0, 0.05) is 44.6 Å². The Hall–Kier alpha value is -2.74. The summed E-state index contributed by atoms with van der Waals surface area (Å²) in [6.45, 7) is 6.86. The third-order valence-corrected chi connectivity index (χ3v) is 5.58. The molecular weight excluding hydrogens is 348 g/mol. The number of nitrogens with zero attached hydrogens (tertiary/aromatic N) is 6. The summed E-state index contributed by atoms with van der Waals surface area (Å²) in [4.78, 5) is 30.5. The van der Waals surface area contributed by atoms with Crippen LogP contribution in [-0.2, 0) is 0 Å². The van der Waals surface area contributed by atoms with Gasteiger partial charge >= 0.3 is 0 Å². The number of hydrogen-bond donors (Lipinski definition) is 0. The molecule has 1 saturated heterocycles. The van der Waals surface area contributed by atoms with Gasteiger partial charge in [-0.2, -0.15) is 0 Å². The second-order valence-corrected chi connectivity index (χ2v) is 7.26. The molecule has 0 aromatic carbocycles. The van der Waals surface area contributed by atoms with Crippen molar-refractivity contribution < 1.29 is 4.79 Å². The maximum atomic E-state index is 12.6. The van der Waals surface area contributed by atoms with Crippen LogP contribution in [0.25, 0.3) is 5.82 Å². The summed E-state index contributed by atoms with van der Waals surface area (Å²) in [5.41, 5.74) is 1.14. The quantitative estimate of drug-likeness (QED) is 0.710. The largest absolute Gasteiger partial charge is 0.353 e. The summed E-state index contributed by atoms with van der Waals surface area (Å²) in [6, 6.07) is 3.93. The van der Waals surface area contributed by atoms with E-state index in [1.54, 1.807) is 12.5 Å². The first-order valence-corrected chi connectivity index (χ1v) is 9.41. The number of rotatable bonds is 3. The van der Waals surface area contributed by atoms with E-state index in [0.29, 0.717) is 13.1 Å². The summed E-state index contributed by atoms with van der Waals surface area (Å²) in [7, 11) is 0. The number of carbonyl (C=O) groups excluding carboxylic acids is 1. The number of thiophene rings is 1. The molecule has 0 N–H and O–H groups in total. The molecule has 0 unspecified atom stereocenters. The van der Waals surface area contributed by atoms with Crippen LogP contribution in [0.1, 0.15) is 21.1 Å². The lowest BCUT2D eigenvalue weighted by Crippen LogP contribution is -2.48. The van der Waals surface area contributed by atoms with Crippen molar-refractivity contribution in [2.75, 3.05) is 31.1 Å². The third kappa shape index (κ3) is 3.20. The molecule has 4 heterocycles. The second kappa shape index (κ2) is 6.87. The number of anilines is 1. The van der Waals surface area contributed by atoms with Gasteiger partial charge in [-0.15, -0.1) is 11.3 Å². The average molecular weight is 368 g/mol. The van der Waals surface area contributed by atoms with Gasteiger partial charge in [0.15, 0.2) is 0 Å². The zero-order valence-electron chi connectivity index (χ0n) is 14.8. The Morgan fingerprint density at radius 3 is 2.46 bits per heavy atom. The Kier molecular flexibility index (Phi) is 4.42. The molecule has 1 aliphatic rings. The standard InChI is InChI=1S/C18H20N6OS/c1-13-9-15(26-11-13)18(25)23-7-5-22(6-8-23)16-10-17(21-12-20-16)24-4-3-19-14(24)2/h3-4,9-12H,5-8H2,1-2H3. The van der Waals surface area contributed by atoms with E-state index in [2.05, 4.69) is 19.9 Å². The number of amides is 1. The molecule has 1 aliphatic heterocycles. The molecule has 8 heteroatoms. The number of hydrogen-bond acceptors (Lipinski definition) is 6. The molecule has 3 aromatic rings. The minimum atomic E-state index is 0.125. The average Bonchev–Trinajstić information content (AvgIpc) is 3.30. The molecule has 0 bridgehead atoms. The fourth-order valence-electron chi connectivity index (χ4n) is 3.10. The Morgan fingerprint density at radius 1 is 1.04 bits per heavy atom. The van der Waals surface area contributed by atoms with Gasteiger partial charge in [0.2, 0.25) is 0 Å². The van der Waals surface area contributed by atoms with Crippen LogP contribution in [0.4, 0.5) is 5.82 Å². The minimum Gasteiger partial charge on any atom is -0.353 e. The smallest absolute Gasteiger partial charge is 0.264 e. The highest BCUT2D eigenvalue weighted by molar-refractivity contribution is 7.12. The highest BCUT2D eigenvalue weighted by Gasteiger charge is 2.24. The van der Waals surface area contributed by atoms with Gasteiger partial charge in [0.1, 0.15) is 23.8 Å². The Morgan fingerprint density at radius 2 is 1.81 bits per heavy atom. The van der Waals surface area contributed by atoms with Crippen molar-refractivity contribution in [1.29, 1.82) is 0 Å². The van der Waals surface area contributed by atoms with Crippen LogP contribution in [0.15, 0.2) is 36.2 Å². The molecule has 0 saturated carbocycles. The fraction of sp³-hybridized carbons (Fsp3) is 0.333. The van der Waals surface area contributed by atoms with Crippen molar-refractivity contribution in [3.63, 3.8) is 0 Å². The zero-order chi connectivity index (χ0) is 18.1. The molecular formula is C18H20N6OS. The van der Waals surface area contributed by atoms with E-state index >= 15 is 0 Å². The highest BCUT2D eigenvalue weighted by Crippen LogP contribution is 2.20. The molecule has 0 radical (unpaired) electrons. The van der Waals surface area contributed by atoms with Gasteiger partial charge in [-0.05, 0) is 30.9 Å². The Balaban J connectivity index is 1.45. The monoisotopic (exact) mass is 368 g/mol. The maximum Gasteiger partial charge on any atom is 0.264 e. The molecule has 7 nitrogen and oxygen atoms in total. The van der Waals surface area contributed by atoms with Crippen LogP contribution in [0.5, 0.6) is 0 Å². The van der Waals surface area contributed by atoms with Crippen LogP contribution in [0.3, 0.4) is 0 Å². The van der Waals surface area contributed by atoms with Crippen molar-refractivity contribution in [2.45, 2.75) is 13.8 Å². The van der Waals surface area contributed by atoms with Gasteiger partial charge in [-0.3, -0.25) is 9.36 Å². The molecule has 0 spiro atoms. The number of carbonyl (C=O) groups is 1. The Labute approximate surface area is 155 Å². The van der Waals surface area contributed by atoms with Crippen molar-refractivity contribution in [3.8, 4) is 5.82 Å². The summed E-state index contributed by atoms with van der Waals surface area (Å²) >= 11 is 1.52. The molecule has 26 heavy (non-hydrogen) atoms. The van der Waals surface area contributed by atoms with E-state index in [0.717, 1.165) is 41.0 Å². The lowest BCUT2D eigenvalue weighted by Gasteiger charge is -2.35. The lowest BCUT2D eigenvalue weighted by atomic mass is 10.2. The predicted octanol–water partition coefficient (Wildman–Crippen LogP) is 2.30. The van der Waals surface area contributed by atoms with Crippen molar-refractivity contribution in [2.24, 2.45) is 0 Å². The van der Waals surface area contributed by atoms with Gasteiger partial charge in [-0.1, -0.05) is 0 Å². The zero-order valence-corrected chi connectivity index (χ0v) is 15.6. The SMILES string of the molecule is Cc1csc(C(=O)N2CCN(c3cc(-n4ccnc4C)ncn3)CC2)c1. The lowest BCUT2D eigenvalue weighted by molar-refractivity contribution is 0.0751. The summed E-state index contributed by atoms with van der Waals surface area (Å²) < 4.78 is 1.93. The van der Waals surface area contributed by atoms with E-state index in [-0.39, 0.29) is 5.91 Å². The molecule has 1 amide bonds. The van der Waals surface area contributed by atoms with Crippen LogP contribution < -0.4 is 4.90 Å². The normalized spacial score (nSPS) is 14.7. The van der Waals surface area contributed by atoms with E-state index in [1.807, 2.05) is 47.0 Å². The molecule has 134 valence electrons. The summed E-state index contributed by atoms with van der Waals surface area (Å²) in [5, 5.41) is 2.02. The van der Waals surface area contributed by atoms with Crippen LogP contribution >= 0.6 is 11.3 Å². The number of aromatic nitrogens is 4. The maximum absolute atomic E-state index is 12.6. The fourth-order valence-corrected chi connectivity index (χ4v) is 3.96. The highest BCUT2D eigenvalue weighted by atomic mass is 32.1. The summed E-state index contributed by atoms with van der Waals surface area (Å²) in [6.07, 6.45) is 5.23. The van der Waals surface area contributed by atoms with E-state index in [9.17, 15) is 4.79 Å². The first kappa shape index (κ1) is 16.7. The van der Waals surface area contributed by atoms with Crippen LogP contribution in [-0.4, -0.2) is 56.5 Å². The van der Waals surface area contributed by atoms with E-state index < -0.39 is 0 Å². The molecule has 4 rings (SSSR count). The molecule has 0 atom stereocenters. The molecule has 3 aromatic heterocycles. The van der Waals surface area contributed by atoms with Crippen LogP contribution in [0.2, 0.25) is 0 Å². The first-order valence-electron chi connectivity index (χ1n) is 8.53. The van der Waals surface area contributed by atoms with Crippen molar-refractivity contribution in [1.82, 2.24) is 24.4 Å². The topological polar surface area (TPSA) is 67.2 Å². The summed E-state index contributed by atoms with van der Waals surface area (Å²) in [5.74, 6) is 2.69. The molecule has 0 aliphatic carbocycles. The number of imidazole rings is 1. The number of piperazine rings is 1. The van der Waals surface area contributed by atoms with Gasteiger partial charge in [0.25, 0.3) is 5.91 Å². The van der Waals surface area contributed by atoms with Crippen molar-refractivity contribution in [3.05, 3.63) is 52.5 Å². The van der Waals surface area contributed by atoms with Crippen molar-refractivity contribution >= 4 is 23.1 Å². The Bertz CT molecular complexity index is 925. The van der Waals surface area contributed by atoms with Gasteiger partial charge in [0.05, 0.1) is 4.88 Å². The first-order chi connectivity index (χ1) is 12.6. The predicted molar refractivity (Wildman–Crippen MR) is 101 cm³/mol.